The van der Waals surface area contributed by atoms with Crippen molar-refractivity contribution in [2.24, 2.45) is 5.92 Å². The molecule has 0 bridgehead atoms. The number of carbonyl (C=O) groups excluding carboxylic acids is 1. The Morgan fingerprint density at radius 1 is 1.29 bits per heavy atom. The SMILES string of the molecule is CCCCCCNC(=O)C1CCCN(C(C)c2ncc(-c3ccccc3)o2)C1. The van der Waals surface area contributed by atoms with Crippen molar-refractivity contribution in [1.82, 2.24) is 15.2 Å². The van der Waals surface area contributed by atoms with Crippen LogP contribution in [0.3, 0.4) is 0 Å². The van der Waals surface area contributed by atoms with E-state index >= 15 is 0 Å². The Kier molecular flexibility index (Phi) is 7.66. The predicted octanol–water partition coefficient (Wildman–Crippen LogP) is 4.81. The summed E-state index contributed by atoms with van der Waals surface area (Å²) in [4.78, 5) is 19.4. The van der Waals surface area contributed by atoms with Crippen LogP contribution in [0, 0.1) is 5.92 Å². The largest absolute Gasteiger partial charge is 0.439 e. The summed E-state index contributed by atoms with van der Waals surface area (Å²) >= 11 is 0. The second-order valence-electron chi connectivity index (χ2n) is 7.79. The zero-order valence-electron chi connectivity index (χ0n) is 17.2. The van der Waals surface area contributed by atoms with Gasteiger partial charge in [-0.15, -0.1) is 0 Å². The molecule has 2 heterocycles. The fourth-order valence-corrected chi connectivity index (χ4v) is 3.85. The summed E-state index contributed by atoms with van der Waals surface area (Å²) in [7, 11) is 0. The minimum Gasteiger partial charge on any atom is -0.439 e. The number of likely N-dealkylation sites (tertiary alicyclic amines) is 1. The minimum atomic E-state index is 0.0610. The van der Waals surface area contributed by atoms with Crippen molar-refractivity contribution < 1.29 is 9.21 Å². The van der Waals surface area contributed by atoms with Gasteiger partial charge in [0.2, 0.25) is 11.8 Å². The molecular formula is C23H33N3O2. The Balaban J connectivity index is 1.53. The number of hydrogen-bond donors (Lipinski definition) is 1. The highest BCUT2D eigenvalue weighted by atomic mass is 16.4. The van der Waals surface area contributed by atoms with E-state index in [1.54, 1.807) is 6.20 Å². The van der Waals surface area contributed by atoms with Crippen LogP contribution in [0.15, 0.2) is 40.9 Å². The van der Waals surface area contributed by atoms with Crippen LogP contribution in [0.5, 0.6) is 0 Å². The standard InChI is InChI=1S/C23H33N3O2/c1-3-4-5-9-14-24-22(27)20-13-10-15-26(17-20)18(2)23-25-16-21(28-23)19-11-7-6-8-12-19/h6-8,11-12,16,18,20H,3-5,9-10,13-15,17H2,1-2H3,(H,24,27). The third-order valence-corrected chi connectivity index (χ3v) is 5.64. The summed E-state index contributed by atoms with van der Waals surface area (Å²) in [5, 5.41) is 3.13. The molecule has 1 N–H and O–H groups in total. The molecule has 0 radical (unpaired) electrons. The first-order chi connectivity index (χ1) is 13.7. The number of nitrogens with zero attached hydrogens (tertiary/aromatic N) is 2. The van der Waals surface area contributed by atoms with Crippen LogP contribution >= 0.6 is 0 Å². The highest BCUT2D eigenvalue weighted by Gasteiger charge is 2.30. The smallest absolute Gasteiger partial charge is 0.224 e. The lowest BCUT2D eigenvalue weighted by atomic mass is 9.96. The zero-order chi connectivity index (χ0) is 19.8. The van der Waals surface area contributed by atoms with Gasteiger partial charge in [-0.1, -0.05) is 56.5 Å². The number of nitrogens with one attached hydrogen (secondary N) is 1. The van der Waals surface area contributed by atoms with Crippen molar-refractivity contribution in [3.63, 3.8) is 0 Å². The van der Waals surface area contributed by atoms with E-state index < -0.39 is 0 Å². The van der Waals surface area contributed by atoms with Gasteiger partial charge in [0.25, 0.3) is 0 Å². The molecule has 2 aromatic rings. The number of unbranched alkanes of at least 4 members (excludes halogenated alkanes) is 3. The van der Waals surface area contributed by atoms with Gasteiger partial charge in [-0.3, -0.25) is 9.69 Å². The van der Waals surface area contributed by atoms with Crippen molar-refractivity contribution in [1.29, 1.82) is 0 Å². The van der Waals surface area contributed by atoms with E-state index in [1.165, 1.54) is 19.3 Å². The van der Waals surface area contributed by atoms with E-state index in [2.05, 4.69) is 29.0 Å². The second kappa shape index (κ2) is 10.4. The molecule has 0 saturated carbocycles. The number of aromatic nitrogens is 1. The Labute approximate surface area is 168 Å². The van der Waals surface area contributed by atoms with E-state index in [0.29, 0.717) is 0 Å². The molecule has 0 spiro atoms. The number of carbonyl (C=O) groups is 1. The molecule has 1 fully saturated rings. The maximum atomic E-state index is 12.5. The first-order valence-corrected chi connectivity index (χ1v) is 10.7. The van der Waals surface area contributed by atoms with Crippen molar-refractivity contribution in [2.45, 2.75) is 58.4 Å². The van der Waals surface area contributed by atoms with Crippen LogP contribution in [0.4, 0.5) is 0 Å². The monoisotopic (exact) mass is 383 g/mol. The van der Waals surface area contributed by atoms with E-state index in [0.717, 1.165) is 56.1 Å². The first kappa shape index (κ1) is 20.6. The Hall–Kier alpha value is -2.14. The lowest BCUT2D eigenvalue weighted by molar-refractivity contribution is -0.127. The molecule has 1 aliphatic heterocycles. The summed E-state index contributed by atoms with van der Waals surface area (Å²) in [5.74, 6) is 1.78. The molecule has 2 atom stereocenters. The number of oxazole rings is 1. The van der Waals surface area contributed by atoms with E-state index in [9.17, 15) is 4.79 Å². The van der Waals surface area contributed by atoms with Gasteiger partial charge in [0.1, 0.15) is 0 Å². The average molecular weight is 384 g/mol. The molecule has 1 aromatic carbocycles. The molecule has 152 valence electrons. The van der Waals surface area contributed by atoms with Crippen molar-refractivity contribution in [3.8, 4) is 11.3 Å². The molecule has 2 unspecified atom stereocenters. The van der Waals surface area contributed by atoms with E-state index in [1.807, 2.05) is 30.3 Å². The normalized spacial score (nSPS) is 18.7. The fourth-order valence-electron chi connectivity index (χ4n) is 3.85. The van der Waals surface area contributed by atoms with Gasteiger partial charge in [0.15, 0.2) is 5.76 Å². The van der Waals surface area contributed by atoms with Gasteiger partial charge in [-0.2, -0.15) is 0 Å². The zero-order valence-corrected chi connectivity index (χ0v) is 17.2. The molecule has 3 rings (SSSR count). The summed E-state index contributed by atoms with van der Waals surface area (Å²) in [5.41, 5.74) is 1.03. The Bertz CT molecular complexity index is 728. The third kappa shape index (κ3) is 5.44. The molecule has 5 heteroatoms. The number of piperidine rings is 1. The summed E-state index contributed by atoms with van der Waals surface area (Å²) in [6.07, 6.45) is 8.52. The quantitative estimate of drug-likeness (QED) is 0.631. The van der Waals surface area contributed by atoms with Gasteiger partial charge < -0.3 is 9.73 Å². The minimum absolute atomic E-state index is 0.0610. The molecule has 28 heavy (non-hydrogen) atoms. The maximum absolute atomic E-state index is 12.5. The predicted molar refractivity (Wildman–Crippen MR) is 112 cm³/mol. The molecule has 1 aliphatic rings. The number of benzene rings is 1. The highest BCUT2D eigenvalue weighted by molar-refractivity contribution is 5.78. The van der Waals surface area contributed by atoms with Crippen LogP contribution in [0.2, 0.25) is 0 Å². The fraction of sp³-hybridized carbons (Fsp3) is 0.565. The van der Waals surface area contributed by atoms with Gasteiger partial charge >= 0.3 is 0 Å². The van der Waals surface area contributed by atoms with Crippen LogP contribution in [0.25, 0.3) is 11.3 Å². The molecule has 0 aliphatic carbocycles. The number of rotatable bonds is 9. The lowest BCUT2D eigenvalue weighted by Crippen LogP contribution is -2.44. The molecule has 5 nitrogen and oxygen atoms in total. The second-order valence-corrected chi connectivity index (χ2v) is 7.79. The van der Waals surface area contributed by atoms with Gasteiger partial charge in [-0.05, 0) is 32.7 Å². The van der Waals surface area contributed by atoms with Crippen molar-refractivity contribution >= 4 is 5.91 Å². The van der Waals surface area contributed by atoms with Gasteiger partial charge in [0.05, 0.1) is 18.2 Å². The number of hydrogen-bond acceptors (Lipinski definition) is 4. The summed E-state index contributed by atoms with van der Waals surface area (Å²) in [6.45, 7) is 6.86. The van der Waals surface area contributed by atoms with Crippen LogP contribution in [0.1, 0.15) is 64.3 Å². The van der Waals surface area contributed by atoms with E-state index in [4.69, 9.17) is 4.42 Å². The number of amides is 1. The third-order valence-electron chi connectivity index (χ3n) is 5.64. The Morgan fingerprint density at radius 2 is 2.11 bits per heavy atom. The lowest BCUT2D eigenvalue weighted by Gasteiger charge is -2.34. The molecule has 1 aromatic heterocycles. The van der Waals surface area contributed by atoms with Crippen LogP contribution in [-0.4, -0.2) is 35.4 Å². The van der Waals surface area contributed by atoms with Crippen LogP contribution < -0.4 is 5.32 Å². The molecule has 1 amide bonds. The maximum Gasteiger partial charge on any atom is 0.224 e. The van der Waals surface area contributed by atoms with Gasteiger partial charge in [0, 0.05) is 18.7 Å². The molecular weight excluding hydrogens is 350 g/mol. The van der Waals surface area contributed by atoms with Gasteiger partial charge in [-0.25, -0.2) is 4.98 Å². The molecule has 1 saturated heterocycles. The highest BCUT2D eigenvalue weighted by Crippen LogP contribution is 2.29. The first-order valence-electron chi connectivity index (χ1n) is 10.7. The van der Waals surface area contributed by atoms with Crippen molar-refractivity contribution in [3.05, 3.63) is 42.4 Å². The summed E-state index contributed by atoms with van der Waals surface area (Å²) < 4.78 is 6.03. The van der Waals surface area contributed by atoms with Crippen molar-refractivity contribution in [2.75, 3.05) is 19.6 Å². The van der Waals surface area contributed by atoms with Crippen LogP contribution in [-0.2, 0) is 4.79 Å². The summed E-state index contributed by atoms with van der Waals surface area (Å²) in [6, 6.07) is 10.1. The van der Waals surface area contributed by atoms with E-state index in [-0.39, 0.29) is 17.9 Å². The average Bonchev–Trinajstić information content (AvgIpc) is 3.24. The topological polar surface area (TPSA) is 58.4 Å². The Morgan fingerprint density at radius 3 is 2.89 bits per heavy atom.